The van der Waals surface area contributed by atoms with Crippen molar-refractivity contribution in [2.45, 2.75) is 20.0 Å². The minimum atomic E-state index is -0.364. The fourth-order valence-electron chi connectivity index (χ4n) is 1.71. The van der Waals surface area contributed by atoms with Crippen LogP contribution >= 0.6 is 11.6 Å². The molecule has 1 aromatic heterocycles. The van der Waals surface area contributed by atoms with E-state index in [1.165, 1.54) is 12.3 Å². The lowest BCUT2D eigenvalue weighted by Gasteiger charge is -2.11. The number of amides is 1. The fraction of sp³-hybridized carbons (Fsp3) is 0.200. The lowest BCUT2D eigenvalue weighted by atomic mass is 10.2. The number of ether oxygens (including phenoxy) is 1. The Labute approximate surface area is 128 Å². The summed E-state index contributed by atoms with van der Waals surface area (Å²) in [5, 5.41) is 2.84. The topological polar surface area (TPSA) is 77.2 Å². The zero-order chi connectivity index (χ0) is 15.4. The zero-order valence-electron chi connectivity index (χ0n) is 11.8. The average Bonchev–Trinajstić information content (AvgIpc) is 2.43. The largest absolute Gasteiger partial charge is 0.491 e. The highest BCUT2D eigenvalue weighted by Gasteiger charge is 2.12. The number of anilines is 2. The second-order valence-corrected chi connectivity index (χ2v) is 5.11. The number of halogens is 1. The van der Waals surface area contributed by atoms with E-state index in [1.54, 1.807) is 24.3 Å². The number of nitrogen functional groups attached to an aromatic ring is 1. The van der Waals surface area contributed by atoms with Crippen LogP contribution in [0.25, 0.3) is 0 Å². The van der Waals surface area contributed by atoms with Gasteiger partial charge in [-0.05, 0) is 44.2 Å². The molecule has 6 heteroatoms. The van der Waals surface area contributed by atoms with Gasteiger partial charge in [0.25, 0.3) is 5.91 Å². The van der Waals surface area contributed by atoms with E-state index in [9.17, 15) is 4.79 Å². The molecule has 0 atom stereocenters. The molecule has 1 aromatic carbocycles. The van der Waals surface area contributed by atoms with Crippen LogP contribution in [0.15, 0.2) is 36.5 Å². The van der Waals surface area contributed by atoms with Gasteiger partial charge in [-0.2, -0.15) is 0 Å². The Hall–Kier alpha value is -2.27. The average molecular weight is 306 g/mol. The number of hydrogen-bond acceptors (Lipinski definition) is 4. The summed E-state index contributed by atoms with van der Waals surface area (Å²) in [6, 6.07) is 8.57. The minimum Gasteiger partial charge on any atom is -0.491 e. The Morgan fingerprint density at radius 3 is 2.62 bits per heavy atom. The van der Waals surface area contributed by atoms with Crippen molar-refractivity contribution in [2.24, 2.45) is 0 Å². The molecule has 3 N–H and O–H groups in total. The molecule has 21 heavy (non-hydrogen) atoms. The summed E-state index contributed by atoms with van der Waals surface area (Å²) in [4.78, 5) is 16.0. The molecule has 0 saturated carbocycles. The van der Waals surface area contributed by atoms with Crippen molar-refractivity contribution in [2.75, 3.05) is 11.1 Å². The Bertz CT molecular complexity index is 642. The predicted octanol–water partition coefficient (Wildman–Crippen LogP) is 3.36. The molecule has 0 saturated heterocycles. The van der Waals surface area contributed by atoms with Crippen LogP contribution in [0.5, 0.6) is 5.75 Å². The molecule has 0 bridgehead atoms. The predicted molar refractivity (Wildman–Crippen MR) is 83.8 cm³/mol. The highest BCUT2D eigenvalue weighted by Crippen LogP contribution is 2.20. The van der Waals surface area contributed by atoms with Gasteiger partial charge in [-0.15, -0.1) is 0 Å². The number of carbonyl (C=O) groups is 1. The number of nitrogens with one attached hydrogen (secondary N) is 1. The summed E-state index contributed by atoms with van der Waals surface area (Å²) in [5.41, 5.74) is 6.86. The molecule has 0 radical (unpaired) electrons. The summed E-state index contributed by atoms with van der Waals surface area (Å²) in [6.07, 6.45) is 1.50. The van der Waals surface area contributed by atoms with Gasteiger partial charge in [-0.25, -0.2) is 4.98 Å². The second kappa shape index (κ2) is 6.45. The Morgan fingerprint density at radius 2 is 2.00 bits per heavy atom. The molecule has 0 aliphatic rings. The molecule has 0 spiro atoms. The molecule has 0 fully saturated rings. The molecule has 0 aliphatic carbocycles. The van der Waals surface area contributed by atoms with Crippen LogP contribution in [0, 0.1) is 0 Å². The molecule has 5 nitrogen and oxygen atoms in total. The van der Waals surface area contributed by atoms with Crippen molar-refractivity contribution in [3.05, 3.63) is 47.2 Å². The monoisotopic (exact) mass is 305 g/mol. The number of carbonyl (C=O) groups excluding carboxylic acids is 1. The van der Waals surface area contributed by atoms with Crippen LogP contribution in [-0.4, -0.2) is 17.0 Å². The van der Waals surface area contributed by atoms with Crippen LogP contribution < -0.4 is 15.8 Å². The highest BCUT2D eigenvalue weighted by atomic mass is 35.5. The zero-order valence-corrected chi connectivity index (χ0v) is 12.5. The number of nitrogens with zero attached hydrogens (tertiary/aromatic N) is 1. The number of pyridine rings is 1. The van der Waals surface area contributed by atoms with Crippen LogP contribution in [-0.2, 0) is 0 Å². The standard InChI is InChI=1S/C15H16ClN3O2/c1-9(2)21-12-5-3-11(4-6-12)19-15(20)13-7-10(17)8-18-14(13)16/h3-9H,17H2,1-2H3,(H,19,20). The molecule has 1 heterocycles. The third kappa shape index (κ3) is 4.10. The molecule has 2 aromatic rings. The number of hydrogen-bond donors (Lipinski definition) is 2. The Morgan fingerprint density at radius 1 is 1.33 bits per heavy atom. The molecule has 2 rings (SSSR count). The number of aromatic nitrogens is 1. The van der Waals surface area contributed by atoms with Gasteiger partial charge in [0, 0.05) is 5.69 Å². The molecule has 0 aliphatic heterocycles. The molecular formula is C15H16ClN3O2. The first-order chi connectivity index (χ1) is 9.95. The Kier molecular flexibility index (Phi) is 4.65. The third-order valence-electron chi connectivity index (χ3n) is 2.59. The van der Waals surface area contributed by atoms with E-state index in [0.29, 0.717) is 11.4 Å². The molecule has 110 valence electrons. The van der Waals surface area contributed by atoms with Crippen LogP contribution in [0.1, 0.15) is 24.2 Å². The van der Waals surface area contributed by atoms with E-state index in [4.69, 9.17) is 22.1 Å². The fourth-order valence-corrected chi connectivity index (χ4v) is 1.90. The van der Waals surface area contributed by atoms with E-state index in [2.05, 4.69) is 10.3 Å². The van der Waals surface area contributed by atoms with Gasteiger partial charge < -0.3 is 15.8 Å². The van der Waals surface area contributed by atoms with Gasteiger partial charge in [0.05, 0.1) is 23.6 Å². The second-order valence-electron chi connectivity index (χ2n) is 4.75. The van der Waals surface area contributed by atoms with E-state index < -0.39 is 0 Å². The maximum Gasteiger partial charge on any atom is 0.258 e. The lowest BCUT2D eigenvalue weighted by molar-refractivity contribution is 0.102. The van der Waals surface area contributed by atoms with Gasteiger partial charge in [0.1, 0.15) is 10.9 Å². The summed E-state index contributed by atoms with van der Waals surface area (Å²) >= 11 is 5.89. The van der Waals surface area contributed by atoms with Gasteiger partial charge in [-0.3, -0.25) is 4.79 Å². The van der Waals surface area contributed by atoms with Crippen LogP contribution in [0.3, 0.4) is 0 Å². The van der Waals surface area contributed by atoms with E-state index in [0.717, 1.165) is 5.75 Å². The van der Waals surface area contributed by atoms with Crippen molar-refractivity contribution < 1.29 is 9.53 Å². The van der Waals surface area contributed by atoms with Gasteiger partial charge in [-0.1, -0.05) is 11.6 Å². The maximum atomic E-state index is 12.1. The quantitative estimate of drug-likeness (QED) is 0.849. The number of nitrogens with two attached hydrogens (primary N) is 1. The molecular weight excluding hydrogens is 290 g/mol. The smallest absolute Gasteiger partial charge is 0.258 e. The van der Waals surface area contributed by atoms with Crippen LogP contribution in [0.4, 0.5) is 11.4 Å². The first-order valence-electron chi connectivity index (χ1n) is 6.45. The third-order valence-corrected chi connectivity index (χ3v) is 2.89. The first-order valence-corrected chi connectivity index (χ1v) is 6.82. The van der Waals surface area contributed by atoms with E-state index >= 15 is 0 Å². The maximum absolute atomic E-state index is 12.1. The molecule has 1 amide bonds. The summed E-state index contributed by atoms with van der Waals surface area (Å²) < 4.78 is 5.53. The van der Waals surface area contributed by atoms with Crippen molar-refractivity contribution in [3.63, 3.8) is 0 Å². The summed E-state index contributed by atoms with van der Waals surface area (Å²) in [5.74, 6) is 0.379. The van der Waals surface area contributed by atoms with Gasteiger partial charge in [0.2, 0.25) is 0 Å². The van der Waals surface area contributed by atoms with Crippen molar-refractivity contribution >= 4 is 28.9 Å². The summed E-state index contributed by atoms with van der Waals surface area (Å²) in [7, 11) is 0. The number of benzene rings is 1. The van der Waals surface area contributed by atoms with Crippen molar-refractivity contribution in [1.29, 1.82) is 0 Å². The van der Waals surface area contributed by atoms with Crippen molar-refractivity contribution in [3.8, 4) is 5.75 Å². The van der Waals surface area contributed by atoms with Crippen molar-refractivity contribution in [1.82, 2.24) is 4.98 Å². The lowest BCUT2D eigenvalue weighted by Crippen LogP contribution is -2.13. The Balaban J connectivity index is 2.10. The normalized spacial score (nSPS) is 10.5. The van der Waals surface area contributed by atoms with Gasteiger partial charge >= 0.3 is 0 Å². The first kappa shape index (κ1) is 15.1. The van der Waals surface area contributed by atoms with Crippen LogP contribution in [0.2, 0.25) is 5.15 Å². The van der Waals surface area contributed by atoms with E-state index in [-0.39, 0.29) is 22.7 Å². The number of rotatable bonds is 4. The SMILES string of the molecule is CC(C)Oc1ccc(NC(=O)c2cc(N)cnc2Cl)cc1. The van der Waals surface area contributed by atoms with Gasteiger partial charge in [0.15, 0.2) is 0 Å². The highest BCUT2D eigenvalue weighted by molar-refractivity contribution is 6.33. The minimum absolute atomic E-state index is 0.0996. The molecule has 0 unspecified atom stereocenters. The summed E-state index contributed by atoms with van der Waals surface area (Å²) in [6.45, 7) is 3.90. The van der Waals surface area contributed by atoms with E-state index in [1.807, 2.05) is 13.8 Å².